The second-order valence-electron chi connectivity index (χ2n) is 8.37. The molecule has 0 bridgehead atoms. The van der Waals surface area contributed by atoms with Gasteiger partial charge in [0.15, 0.2) is 6.29 Å². The summed E-state index contributed by atoms with van der Waals surface area (Å²) in [7, 11) is 0. The molecule has 0 heterocycles. The van der Waals surface area contributed by atoms with E-state index in [9.17, 15) is 4.79 Å². The van der Waals surface area contributed by atoms with Crippen molar-refractivity contribution in [1.82, 2.24) is 0 Å². The SMILES string of the molecule is CC(C)Cc1ccccc1-c1ccc(OCC=O)c(Cc2cccc3ccccc23)c1. The minimum absolute atomic E-state index is 0.0613. The van der Waals surface area contributed by atoms with Crippen LogP contribution in [-0.2, 0) is 17.6 Å². The van der Waals surface area contributed by atoms with Gasteiger partial charge in [0.25, 0.3) is 0 Å². The Morgan fingerprint density at radius 3 is 2.39 bits per heavy atom. The Morgan fingerprint density at radius 1 is 0.806 bits per heavy atom. The number of benzene rings is 4. The maximum Gasteiger partial charge on any atom is 0.157 e. The van der Waals surface area contributed by atoms with Crippen molar-refractivity contribution in [3.05, 3.63) is 102 Å². The Kier molecular flexibility index (Phi) is 6.47. The van der Waals surface area contributed by atoms with Crippen LogP contribution in [0.4, 0.5) is 0 Å². The third kappa shape index (κ3) is 4.86. The molecule has 4 aromatic carbocycles. The van der Waals surface area contributed by atoms with Crippen LogP contribution in [-0.4, -0.2) is 12.9 Å². The second-order valence-corrected chi connectivity index (χ2v) is 8.37. The van der Waals surface area contributed by atoms with Crippen LogP contribution in [0.25, 0.3) is 21.9 Å². The van der Waals surface area contributed by atoms with Crippen LogP contribution in [0.1, 0.15) is 30.5 Å². The third-order valence-electron chi connectivity index (χ3n) is 5.58. The van der Waals surface area contributed by atoms with Crippen LogP contribution in [0.15, 0.2) is 84.9 Å². The number of carbonyl (C=O) groups excluding carboxylic acids is 1. The molecule has 0 saturated carbocycles. The van der Waals surface area contributed by atoms with Gasteiger partial charge in [0.1, 0.15) is 12.4 Å². The van der Waals surface area contributed by atoms with Crippen LogP contribution in [0.2, 0.25) is 0 Å². The Hall–Kier alpha value is -3.39. The van der Waals surface area contributed by atoms with Crippen molar-refractivity contribution in [3.63, 3.8) is 0 Å². The van der Waals surface area contributed by atoms with E-state index in [-0.39, 0.29) is 6.61 Å². The lowest BCUT2D eigenvalue weighted by atomic mass is 9.91. The van der Waals surface area contributed by atoms with Crippen molar-refractivity contribution < 1.29 is 9.53 Å². The minimum atomic E-state index is 0.0613. The Balaban J connectivity index is 1.78. The van der Waals surface area contributed by atoms with E-state index >= 15 is 0 Å². The first-order valence-corrected chi connectivity index (χ1v) is 10.9. The number of carbonyl (C=O) groups is 1. The van der Waals surface area contributed by atoms with Crippen LogP contribution < -0.4 is 4.74 Å². The fourth-order valence-corrected chi connectivity index (χ4v) is 4.22. The van der Waals surface area contributed by atoms with E-state index in [4.69, 9.17) is 4.74 Å². The molecule has 0 amide bonds. The zero-order valence-electron chi connectivity index (χ0n) is 18.2. The zero-order chi connectivity index (χ0) is 21.6. The molecule has 2 nitrogen and oxygen atoms in total. The molecular weight excluding hydrogens is 380 g/mol. The first-order valence-electron chi connectivity index (χ1n) is 10.9. The molecule has 0 aliphatic carbocycles. The number of rotatable bonds is 8. The van der Waals surface area contributed by atoms with Gasteiger partial charge in [0, 0.05) is 6.42 Å². The summed E-state index contributed by atoms with van der Waals surface area (Å²) in [5.41, 5.74) is 6.15. The van der Waals surface area contributed by atoms with Gasteiger partial charge in [-0.3, -0.25) is 4.79 Å². The summed E-state index contributed by atoms with van der Waals surface area (Å²) in [5.74, 6) is 1.36. The normalized spacial score (nSPS) is 11.1. The molecule has 4 rings (SSSR count). The molecular formula is C29H28O2. The van der Waals surface area contributed by atoms with Crippen LogP contribution >= 0.6 is 0 Å². The van der Waals surface area contributed by atoms with Crippen molar-refractivity contribution in [3.8, 4) is 16.9 Å². The summed E-state index contributed by atoms with van der Waals surface area (Å²) in [4.78, 5) is 10.9. The number of fused-ring (bicyclic) bond motifs is 1. The van der Waals surface area contributed by atoms with Crippen LogP contribution in [0, 0.1) is 5.92 Å². The van der Waals surface area contributed by atoms with E-state index in [1.165, 1.54) is 33.0 Å². The maximum atomic E-state index is 10.9. The largest absolute Gasteiger partial charge is 0.486 e. The van der Waals surface area contributed by atoms with Gasteiger partial charge < -0.3 is 4.74 Å². The summed E-state index contributed by atoms with van der Waals surface area (Å²) in [6.07, 6.45) is 2.58. The number of hydrogen-bond donors (Lipinski definition) is 0. The Labute approximate surface area is 184 Å². The van der Waals surface area contributed by atoms with Crippen LogP contribution in [0.5, 0.6) is 5.75 Å². The highest BCUT2D eigenvalue weighted by Gasteiger charge is 2.12. The molecule has 0 saturated heterocycles. The molecule has 0 aliphatic rings. The fourth-order valence-electron chi connectivity index (χ4n) is 4.22. The highest BCUT2D eigenvalue weighted by molar-refractivity contribution is 5.86. The highest BCUT2D eigenvalue weighted by atomic mass is 16.5. The van der Waals surface area contributed by atoms with Crippen molar-refractivity contribution in [2.24, 2.45) is 5.92 Å². The molecule has 0 aliphatic heterocycles. The van der Waals surface area contributed by atoms with Gasteiger partial charge >= 0.3 is 0 Å². The summed E-state index contributed by atoms with van der Waals surface area (Å²) in [5, 5.41) is 2.48. The standard InChI is InChI=1S/C29H28O2/c1-21(2)18-23-9-4-6-13-28(23)25-14-15-29(31-17-16-30)26(20-25)19-24-11-7-10-22-8-3-5-12-27(22)24/h3-16,20-21H,17-19H2,1-2H3. The summed E-state index contributed by atoms with van der Waals surface area (Å²) in [6.45, 7) is 4.56. The Bertz CT molecular complexity index is 1180. The molecule has 0 spiro atoms. The predicted octanol–water partition coefficient (Wildman–Crippen LogP) is 6.87. The van der Waals surface area contributed by atoms with Gasteiger partial charge in [-0.2, -0.15) is 0 Å². The smallest absolute Gasteiger partial charge is 0.157 e. The van der Waals surface area contributed by atoms with E-state index < -0.39 is 0 Å². The van der Waals surface area contributed by atoms with Gasteiger partial charge in [-0.1, -0.05) is 86.6 Å². The van der Waals surface area contributed by atoms with Gasteiger partial charge in [0.05, 0.1) is 0 Å². The van der Waals surface area contributed by atoms with Gasteiger partial charge in [-0.25, -0.2) is 0 Å². The molecule has 0 radical (unpaired) electrons. The van der Waals surface area contributed by atoms with E-state index in [0.717, 1.165) is 30.4 Å². The highest BCUT2D eigenvalue weighted by Crippen LogP contribution is 2.32. The van der Waals surface area contributed by atoms with Gasteiger partial charge in [-0.15, -0.1) is 0 Å². The average molecular weight is 409 g/mol. The van der Waals surface area contributed by atoms with E-state index in [2.05, 4.69) is 92.7 Å². The summed E-state index contributed by atoms with van der Waals surface area (Å²) in [6, 6.07) is 29.8. The topological polar surface area (TPSA) is 26.3 Å². The van der Waals surface area contributed by atoms with E-state index in [1.54, 1.807) is 0 Å². The molecule has 0 N–H and O–H groups in total. The van der Waals surface area contributed by atoms with Crippen molar-refractivity contribution >= 4 is 17.1 Å². The monoisotopic (exact) mass is 408 g/mol. The number of aldehydes is 1. The third-order valence-corrected chi connectivity index (χ3v) is 5.58. The minimum Gasteiger partial charge on any atom is -0.486 e. The summed E-state index contributed by atoms with van der Waals surface area (Å²) >= 11 is 0. The van der Waals surface area contributed by atoms with Gasteiger partial charge in [0.2, 0.25) is 0 Å². The molecule has 0 atom stereocenters. The maximum absolute atomic E-state index is 10.9. The molecule has 4 aromatic rings. The predicted molar refractivity (Wildman–Crippen MR) is 129 cm³/mol. The lowest BCUT2D eigenvalue weighted by Gasteiger charge is -2.16. The number of ether oxygens (including phenoxy) is 1. The fraction of sp³-hybridized carbons (Fsp3) is 0.207. The van der Waals surface area contributed by atoms with Crippen molar-refractivity contribution in [1.29, 1.82) is 0 Å². The molecule has 2 heteroatoms. The lowest BCUT2D eigenvalue weighted by molar-refractivity contribution is -0.109. The summed E-state index contributed by atoms with van der Waals surface area (Å²) < 4.78 is 5.79. The quantitative estimate of drug-likeness (QED) is 0.297. The number of hydrogen-bond acceptors (Lipinski definition) is 2. The molecule has 0 aromatic heterocycles. The first kappa shape index (κ1) is 20.9. The molecule has 0 unspecified atom stereocenters. The Morgan fingerprint density at radius 2 is 1.55 bits per heavy atom. The lowest BCUT2D eigenvalue weighted by Crippen LogP contribution is -2.03. The van der Waals surface area contributed by atoms with E-state index in [1.807, 2.05) is 6.07 Å². The van der Waals surface area contributed by atoms with Crippen LogP contribution in [0.3, 0.4) is 0 Å². The zero-order valence-corrected chi connectivity index (χ0v) is 18.2. The molecule has 31 heavy (non-hydrogen) atoms. The van der Waals surface area contributed by atoms with Crippen molar-refractivity contribution in [2.45, 2.75) is 26.7 Å². The molecule has 0 fully saturated rings. The first-order chi connectivity index (χ1) is 15.2. The van der Waals surface area contributed by atoms with E-state index in [0.29, 0.717) is 5.92 Å². The van der Waals surface area contributed by atoms with Gasteiger partial charge in [-0.05, 0) is 63.1 Å². The van der Waals surface area contributed by atoms with Crippen molar-refractivity contribution in [2.75, 3.05) is 6.61 Å². The molecule has 156 valence electrons. The second kappa shape index (κ2) is 9.61. The average Bonchev–Trinajstić information content (AvgIpc) is 2.78.